The monoisotopic (exact) mass is 1050 g/mol. The van der Waals surface area contributed by atoms with Crippen LogP contribution in [0.1, 0.15) is 128 Å². The molecule has 0 N–H and O–H groups in total. The minimum atomic E-state index is -2.27. The average Bonchev–Trinajstić information content (AvgIpc) is 3.72. The van der Waals surface area contributed by atoms with Crippen molar-refractivity contribution in [1.82, 2.24) is 0 Å². The molecule has 1 aromatic carbocycles. The van der Waals surface area contributed by atoms with Crippen LogP contribution in [-0.4, -0.2) is 113 Å². The van der Waals surface area contributed by atoms with Crippen LogP contribution in [0.2, 0.25) is 54.4 Å². The van der Waals surface area contributed by atoms with E-state index in [1.54, 1.807) is 20.3 Å². The van der Waals surface area contributed by atoms with E-state index in [-0.39, 0.29) is 82.6 Å². The van der Waals surface area contributed by atoms with Crippen molar-refractivity contribution < 1.29 is 56.0 Å². The molecule has 0 unspecified atom stereocenters. The van der Waals surface area contributed by atoms with Gasteiger partial charge in [0.1, 0.15) is 30.9 Å². The Balaban J connectivity index is 1.42. The van der Waals surface area contributed by atoms with Crippen molar-refractivity contribution in [2.45, 2.75) is 238 Å². The highest BCUT2D eigenvalue weighted by Gasteiger charge is 2.49. The van der Waals surface area contributed by atoms with Crippen molar-refractivity contribution in [2.24, 2.45) is 11.8 Å². The van der Waals surface area contributed by atoms with Gasteiger partial charge >= 0.3 is 0 Å². The molecule has 0 amide bonds. The maximum atomic E-state index is 13.7. The van der Waals surface area contributed by atoms with Crippen LogP contribution >= 0.6 is 0 Å². The van der Waals surface area contributed by atoms with Crippen LogP contribution in [0, 0.1) is 11.8 Å². The minimum Gasteiger partial charge on any atom is -0.519 e. The highest BCUT2D eigenvalue weighted by Crippen LogP contribution is 2.43. The summed E-state index contributed by atoms with van der Waals surface area (Å²) in [7, 11) is -3.21. The Hall–Kier alpha value is -2.16. The Morgan fingerprint density at radius 2 is 1.42 bits per heavy atom. The molecule has 3 aliphatic heterocycles. The second-order valence-electron chi connectivity index (χ2n) is 25.5. The Kier molecular flexibility index (Phi) is 21.7. The second-order valence-corrected chi connectivity index (χ2v) is 39.7. The van der Waals surface area contributed by atoms with Gasteiger partial charge in [0.05, 0.1) is 50.8 Å². The van der Waals surface area contributed by atoms with Gasteiger partial charge < -0.3 is 51.2 Å². The summed E-state index contributed by atoms with van der Waals surface area (Å²) in [5, 5.41) is 0.0380. The van der Waals surface area contributed by atoms with Crippen LogP contribution in [0.4, 0.5) is 0 Å². The number of benzene rings is 1. The second kappa shape index (κ2) is 25.1. The summed E-state index contributed by atoms with van der Waals surface area (Å²) in [6.07, 6.45) is 10.4. The molecular formula is C56H98O12Si3. The Bertz CT molecular complexity index is 1910. The molecule has 406 valence electrons. The van der Waals surface area contributed by atoms with Gasteiger partial charge in [-0.15, -0.1) is 0 Å². The fourth-order valence-electron chi connectivity index (χ4n) is 8.39. The third kappa shape index (κ3) is 18.0. The van der Waals surface area contributed by atoms with Gasteiger partial charge in [-0.2, -0.15) is 0 Å². The lowest BCUT2D eigenvalue weighted by Crippen LogP contribution is -2.54. The van der Waals surface area contributed by atoms with E-state index in [1.807, 2.05) is 50.3 Å². The standard InChI is InChI=1S/C56H98O12Si3/c1-39(48-35-45(64-56(12,13)65-48)34-46(66-69(16,17)53(3,4)5)33-44-23-22-24-49(63-44)67-70(18,19)54(6,7)8)25-28-42(57)29-32-47(59-15)51-52(62-38-61-51)50(68-71(20,21)55(9,10)11)40(2)36-60-37-41-26-30-43(58-14)31-27-41/h22-28,30-31,39-40,44-48,50-52H,29,32-38H2,1-21H3/b28-25-/t39-,40-,44-,45-,46-,47-,48+,50-,51-,52-/m0/s1. The molecule has 12 nitrogen and oxygen atoms in total. The van der Waals surface area contributed by atoms with E-state index < -0.39 is 42.9 Å². The number of ether oxygens (including phenoxy) is 8. The summed E-state index contributed by atoms with van der Waals surface area (Å²) >= 11 is 0. The van der Waals surface area contributed by atoms with Crippen molar-refractivity contribution in [1.29, 1.82) is 0 Å². The molecule has 0 spiro atoms. The lowest BCUT2D eigenvalue weighted by Gasteiger charge is -2.45. The molecule has 2 fully saturated rings. The zero-order valence-corrected chi connectivity index (χ0v) is 51.0. The Labute approximate surface area is 434 Å². The van der Waals surface area contributed by atoms with Crippen LogP contribution in [0.3, 0.4) is 0 Å². The molecule has 15 heteroatoms. The maximum absolute atomic E-state index is 13.7. The van der Waals surface area contributed by atoms with Gasteiger partial charge in [-0.3, -0.25) is 4.79 Å². The molecule has 0 bridgehead atoms. The first kappa shape index (κ1) is 61.4. The number of methoxy groups -OCH3 is 2. The molecule has 0 aliphatic carbocycles. The van der Waals surface area contributed by atoms with Gasteiger partial charge in [-0.25, -0.2) is 0 Å². The molecule has 1 aromatic rings. The third-order valence-electron chi connectivity index (χ3n) is 15.9. The highest BCUT2D eigenvalue weighted by atomic mass is 28.4. The summed E-state index contributed by atoms with van der Waals surface area (Å²) in [6, 6.07) is 7.91. The van der Waals surface area contributed by atoms with Crippen molar-refractivity contribution in [2.75, 3.05) is 27.6 Å². The summed E-state index contributed by atoms with van der Waals surface area (Å²) in [5.74, 6) is 0.516. The number of allylic oxidation sites excluding steroid dienone is 3. The van der Waals surface area contributed by atoms with Crippen LogP contribution in [0.25, 0.3) is 0 Å². The smallest absolute Gasteiger partial charge is 0.265 e. The van der Waals surface area contributed by atoms with E-state index in [9.17, 15) is 4.79 Å². The third-order valence-corrected chi connectivity index (χ3v) is 29.3. The summed E-state index contributed by atoms with van der Waals surface area (Å²) in [6.45, 7) is 43.1. The Morgan fingerprint density at radius 3 is 2.01 bits per heavy atom. The van der Waals surface area contributed by atoms with E-state index in [1.165, 1.54) is 0 Å². The largest absolute Gasteiger partial charge is 0.519 e. The van der Waals surface area contributed by atoms with Gasteiger partial charge in [-0.05, 0) is 111 Å². The summed E-state index contributed by atoms with van der Waals surface area (Å²) in [5.41, 5.74) is 1.06. The van der Waals surface area contributed by atoms with Gasteiger partial charge in [0, 0.05) is 44.3 Å². The average molecular weight is 1050 g/mol. The Morgan fingerprint density at radius 1 is 0.817 bits per heavy atom. The van der Waals surface area contributed by atoms with Crippen LogP contribution < -0.4 is 4.74 Å². The molecule has 0 radical (unpaired) electrons. The molecular weight excluding hydrogens is 949 g/mol. The van der Waals surface area contributed by atoms with Gasteiger partial charge in [-0.1, -0.05) is 100 Å². The predicted molar refractivity (Wildman–Crippen MR) is 292 cm³/mol. The number of hydrogen-bond acceptors (Lipinski definition) is 12. The summed E-state index contributed by atoms with van der Waals surface area (Å²) < 4.78 is 71.1. The number of carbonyl (C=O) groups is 1. The number of hydrogen-bond donors (Lipinski definition) is 0. The molecule has 71 heavy (non-hydrogen) atoms. The first-order valence-electron chi connectivity index (χ1n) is 26.3. The number of carbonyl (C=O) groups excluding carboxylic acids is 1. The van der Waals surface area contributed by atoms with Crippen molar-refractivity contribution in [3.63, 3.8) is 0 Å². The van der Waals surface area contributed by atoms with Gasteiger partial charge in [0.15, 0.2) is 28.2 Å². The molecule has 0 saturated carbocycles. The lowest BCUT2D eigenvalue weighted by molar-refractivity contribution is -0.307. The van der Waals surface area contributed by atoms with Crippen LogP contribution in [-0.2, 0) is 57.8 Å². The normalized spacial score (nSPS) is 24.7. The first-order chi connectivity index (χ1) is 32.7. The molecule has 3 aliphatic rings. The van der Waals surface area contributed by atoms with Crippen molar-refractivity contribution >= 4 is 30.7 Å². The number of rotatable bonds is 25. The minimum absolute atomic E-state index is 0.0148. The van der Waals surface area contributed by atoms with Gasteiger partial charge in [0.25, 0.3) is 14.3 Å². The highest BCUT2D eigenvalue weighted by molar-refractivity contribution is 6.75. The van der Waals surface area contributed by atoms with Crippen LogP contribution in [0.15, 0.2) is 60.6 Å². The molecule has 4 rings (SSSR count). The lowest BCUT2D eigenvalue weighted by atomic mass is 9.91. The van der Waals surface area contributed by atoms with E-state index in [2.05, 4.69) is 128 Å². The SMILES string of the molecule is COc1ccc(COC[C@H](C)[C@H](O[Si](C)(C)C(C)(C)C)[C@@H]2OCO[C@H]2[C@H](CCC(=O)/C=C\[C@H](C)[C@H]2C[C@H](C[C@H](C[C@@H]3C=CC=C(O[Si](C)(C)C(C)(C)C)O3)O[Si](C)(C)C(C)(C)C)OC(C)(C)O2)OC)cc1. The topological polar surface area (TPSA) is 119 Å². The van der Waals surface area contributed by atoms with E-state index >= 15 is 0 Å². The predicted octanol–water partition coefficient (Wildman–Crippen LogP) is 13.4. The maximum Gasteiger partial charge on any atom is 0.265 e. The van der Waals surface area contributed by atoms with E-state index in [0.29, 0.717) is 44.8 Å². The fourth-order valence-corrected chi connectivity index (χ4v) is 12.1. The molecule has 10 atom stereocenters. The molecule has 0 aromatic heterocycles. The zero-order chi connectivity index (χ0) is 53.4. The van der Waals surface area contributed by atoms with Gasteiger partial charge in [0.2, 0.25) is 0 Å². The molecule has 2 saturated heterocycles. The van der Waals surface area contributed by atoms with E-state index in [0.717, 1.165) is 11.3 Å². The van der Waals surface area contributed by atoms with Crippen LogP contribution in [0.5, 0.6) is 5.75 Å². The number of ketones is 1. The quantitative estimate of drug-likeness (QED) is 0.0685. The summed E-state index contributed by atoms with van der Waals surface area (Å²) in [4.78, 5) is 13.7. The zero-order valence-electron chi connectivity index (χ0n) is 48.0. The van der Waals surface area contributed by atoms with Crippen molar-refractivity contribution in [3.8, 4) is 5.75 Å². The molecule has 3 heterocycles. The van der Waals surface area contributed by atoms with Crippen molar-refractivity contribution in [3.05, 3.63) is 66.2 Å². The fraction of sp³-hybridized carbons (Fsp3) is 0.768. The first-order valence-corrected chi connectivity index (χ1v) is 35.0. The van der Waals surface area contributed by atoms with E-state index in [4.69, 9.17) is 51.2 Å².